The van der Waals surface area contributed by atoms with Crippen molar-refractivity contribution >= 4 is 5.91 Å². The van der Waals surface area contributed by atoms with Crippen molar-refractivity contribution in [2.75, 3.05) is 20.1 Å². The lowest BCUT2D eigenvalue weighted by Crippen LogP contribution is -2.36. The Balaban J connectivity index is 1.80. The fraction of sp³-hybridized carbons (Fsp3) is 0.353. The van der Waals surface area contributed by atoms with Crippen LogP contribution in [0.15, 0.2) is 36.7 Å². The monoisotopic (exact) mass is 330 g/mol. The van der Waals surface area contributed by atoms with E-state index >= 15 is 0 Å². The quantitative estimate of drug-likeness (QED) is 0.911. The molecule has 2 aromatic rings. The number of rotatable bonds is 5. The first-order valence-electron chi connectivity index (χ1n) is 7.87. The number of ether oxygens (including phenoxy) is 1. The van der Waals surface area contributed by atoms with Crippen LogP contribution in [0.25, 0.3) is 0 Å². The summed E-state index contributed by atoms with van der Waals surface area (Å²) in [5.41, 5.74) is 0.658. The third kappa shape index (κ3) is 3.51. The maximum absolute atomic E-state index is 13.7. The van der Waals surface area contributed by atoms with Gasteiger partial charge < -0.3 is 15.0 Å². The molecule has 1 aliphatic heterocycles. The fourth-order valence-corrected chi connectivity index (χ4v) is 2.84. The van der Waals surface area contributed by atoms with Gasteiger partial charge in [0.15, 0.2) is 11.6 Å². The van der Waals surface area contributed by atoms with E-state index in [2.05, 4.69) is 15.3 Å². The minimum absolute atomic E-state index is 0.0298. The van der Waals surface area contributed by atoms with Gasteiger partial charge in [-0.25, -0.2) is 9.37 Å². The number of nitrogens with zero attached hydrogens (tertiary/aromatic N) is 3. The van der Waals surface area contributed by atoms with Gasteiger partial charge in [-0.2, -0.15) is 0 Å². The third-order valence-corrected chi connectivity index (χ3v) is 3.92. The molecule has 1 aromatic carbocycles. The van der Waals surface area contributed by atoms with Gasteiger partial charge in [-0.15, -0.1) is 0 Å². The molecule has 0 spiro atoms. The summed E-state index contributed by atoms with van der Waals surface area (Å²) in [5, 5.41) is 2.87. The van der Waals surface area contributed by atoms with E-state index in [0.717, 1.165) is 12.8 Å². The van der Waals surface area contributed by atoms with Crippen LogP contribution >= 0.6 is 0 Å². The number of para-hydroxylation sites is 1. The van der Waals surface area contributed by atoms with Gasteiger partial charge in [0.2, 0.25) is 11.8 Å². The number of carbonyl (C=O) groups is 1. The van der Waals surface area contributed by atoms with Crippen LogP contribution in [0.2, 0.25) is 0 Å². The zero-order valence-corrected chi connectivity index (χ0v) is 13.4. The number of benzene rings is 1. The van der Waals surface area contributed by atoms with Crippen LogP contribution in [0.3, 0.4) is 0 Å². The average molecular weight is 330 g/mol. The van der Waals surface area contributed by atoms with Gasteiger partial charge in [0, 0.05) is 6.54 Å². The molecule has 2 heterocycles. The van der Waals surface area contributed by atoms with Crippen LogP contribution in [0.1, 0.15) is 24.6 Å². The van der Waals surface area contributed by atoms with Crippen LogP contribution < -0.4 is 10.1 Å². The predicted octanol–water partition coefficient (Wildman–Crippen LogP) is 2.29. The molecule has 24 heavy (non-hydrogen) atoms. The predicted molar refractivity (Wildman–Crippen MR) is 86.1 cm³/mol. The van der Waals surface area contributed by atoms with Gasteiger partial charge in [-0.1, -0.05) is 12.1 Å². The van der Waals surface area contributed by atoms with Gasteiger partial charge in [0.05, 0.1) is 30.7 Å². The van der Waals surface area contributed by atoms with E-state index in [0.29, 0.717) is 12.2 Å². The van der Waals surface area contributed by atoms with Crippen molar-refractivity contribution in [3.63, 3.8) is 0 Å². The smallest absolute Gasteiger partial charge is 0.238 e. The summed E-state index contributed by atoms with van der Waals surface area (Å²) < 4.78 is 19.2. The second kappa shape index (κ2) is 7.35. The Morgan fingerprint density at radius 1 is 1.42 bits per heavy atom. The molecule has 1 atom stereocenters. The Kier molecular flexibility index (Phi) is 5.00. The zero-order chi connectivity index (χ0) is 16.9. The first-order valence-corrected chi connectivity index (χ1v) is 7.87. The zero-order valence-electron chi connectivity index (χ0n) is 13.4. The molecular weight excluding hydrogens is 311 g/mol. The van der Waals surface area contributed by atoms with Gasteiger partial charge in [0.25, 0.3) is 0 Å². The van der Waals surface area contributed by atoms with Crippen molar-refractivity contribution in [1.29, 1.82) is 0 Å². The second-order valence-corrected chi connectivity index (χ2v) is 5.59. The Bertz CT molecular complexity index is 725. The number of hydrogen-bond donors (Lipinski definition) is 1. The summed E-state index contributed by atoms with van der Waals surface area (Å²) in [6.45, 7) is 0.987. The molecule has 1 fully saturated rings. The van der Waals surface area contributed by atoms with Crippen molar-refractivity contribution in [2.45, 2.75) is 18.9 Å². The molecule has 1 amide bonds. The topological polar surface area (TPSA) is 67.4 Å². The van der Waals surface area contributed by atoms with Crippen LogP contribution in [-0.4, -0.2) is 40.9 Å². The summed E-state index contributed by atoms with van der Waals surface area (Å²) in [6.07, 6.45) is 4.81. The summed E-state index contributed by atoms with van der Waals surface area (Å²) >= 11 is 0. The summed E-state index contributed by atoms with van der Waals surface area (Å²) in [4.78, 5) is 22.5. The number of nitrogens with one attached hydrogen (secondary N) is 1. The number of hydrogen-bond acceptors (Lipinski definition) is 5. The third-order valence-electron chi connectivity index (χ3n) is 3.92. The minimum atomic E-state index is -0.462. The lowest BCUT2D eigenvalue weighted by molar-refractivity contribution is -0.131. The first kappa shape index (κ1) is 16.3. The van der Waals surface area contributed by atoms with Crippen molar-refractivity contribution in [3.8, 4) is 11.6 Å². The lowest BCUT2D eigenvalue weighted by atomic mass is 10.1. The maximum Gasteiger partial charge on any atom is 0.238 e. The largest absolute Gasteiger partial charge is 0.434 e. The van der Waals surface area contributed by atoms with E-state index in [1.807, 2.05) is 0 Å². The number of likely N-dealkylation sites (N-methyl/N-ethyl adjacent to an activating group) is 1. The van der Waals surface area contributed by atoms with Crippen LogP contribution in [0, 0.1) is 5.82 Å². The molecule has 0 radical (unpaired) electrons. The Hall–Kier alpha value is -2.54. The van der Waals surface area contributed by atoms with E-state index in [-0.39, 0.29) is 30.1 Å². The minimum Gasteiger partial charge on any atom is -0.434 e. The molecule has 1 N–H and O–H groups in total. The number of carbonyl (C=O) groups excluding carboxylic acids is 1. The standard InChI is InChI=1S/C17H19FN4O2/c1-19-11-17(23)22-8-4-6-14(22)13-9-20-10-16(21-13)24-15-7-3-2-5-12(15)18/h2-3,5,7,9-10,14,19H,4,6,8,11H2,1H3/t14-/m1/s1. The molecule has 1 aliphatic rings. The second-order valence-electron chi connectivity index (χ2n) is 5.59. The number of aromatic nitrogens is 2. The number of amides is 1. The van der Waals surface area contributed by atoms with Crippen molar-refractivity contribution in [3.05, 3.63) is 48.2 Å². The highest BCUT2D eigenvalue weighted by Gasteiger charge is 2.30. The molecule has 7 heteroatoms. The molecule has 1 saturated heterocycles. The normalized spacial score (nSPS) is 17.1. The molecular formula is C17H19FN4O2. The summed E-state index contributed by atoms with van der Waals surface area (Å²) in [7, 11) is 1.74. The molecule has 0 bridgehead atoms. The van der Waals surface area contributed by atoms with Gasteiger partial charge in [-0.3, -0.25) is 9.78 Å². The Morgan fingerprint density at radius 3 is 3.04 bits per heavy atom. The summed E-state index contributed by atoms with van der Waals surface area (Å²) in [6, 6.07) is 6.00. The van der Waals surface area contributed by atoms with Gasteiger partial charge in [-0.05, 0) is 32.0 Å². The van der Waals surface area contributed by atoms with Crippen LogP contribution in [0.5, 0.6) is 11.6 Å². The maximum atomic E-state index is 13.7. The van der Waals surface area contributed by atoms with E-state index in [9.17, 15) is 9.18 Å². The first-order chi connectivity index (χ1) is 11.7. The molecule has 6 nitrogen and oxygen atoms in total. The van der Waals surface area contributed by atoms with E-state index < -0.39 is 5.82 Å². The lowest BCUT2D eigenvalue weighted by Gasteiger charge is -2.24. The van der Waals surface area contributed by atoms with E-state index in [1.165, 1.54) is 18.3 Å². The molecule has 0 unspecified atom stereocenters. The van der Waals surface area contributed by atoms with Crippen molar-refractivity contribution in [1.82, 2.24) is 20.2 Å². The van der Waals surface area contributed by atoms with Crippen molar-refractivity contribution < 1.29 is 13.9 Å². The molecule has 0 aliphatic carbocycles. The molecule has 126 valence electrons. The molecule has 1 aromatic heterocycles. The van der Waals surface area contributed by atoms with Crippen LogP contribution in [0.4, 0.5) is 4.39 Å². The van der Waals surface area contributed by atoms with Crippen molar-refractivity contribution in [2.24, 2.45) is 0 Å². The number of halogens is 1. The Morgan fingerprint density at radius 2 is 2.25 bits per heavy atom. The fourth-order valence-electron chi connectivity index (χ4n) is 2.84. The van der Waals surface area contributed by atoms with Crippen LogP contribution in [-0.2, 0) is 4.79 Å². The van der Waals surface area contributed by atoms with Gasteiger partial charge >= 0.3 is 0 Å². The molecule has 3 rings (SSSR count). The molecule has 0 saturated carbocycles. The highest BCUT2D eigenvalue weighted by Crippen LogP contribution is 2.32. The Labute approximate surface area is 139 Å². The SMILES string of the molecule is CNCC(=O)N1CCC[C@@H]1c1cncc(Oc2ccccc2F)n1. The number of likely N-dealkylation sites (tertiary alicyclic amines) is 1. The highest BCUT2D eigenvalue weighted by molar-refractivity contribution is 5.79. The van der Waals surface area contributed by atoms with E-state index in [1.54, 1.807) is 30.3 Å². The van der Waals surface area contributed by atoms with E-state index in [4.69, 9.17) is 4.74 Å². The highest BCUT2D eigenvalue weighted by atomic mass is 19.1. The summed E-state index contributed by atoms with van der Waals surface area (Å²) in [5.74, 6) is -0.123. The van der Waals surface area contributed by atoms with Gasteiger partial charge in [0.1, 0.15) is 0 Å². The average Bonchev–Trinajstić information content (AvgIpc) is 3.07.